The third kappa shape index (κ3) is 3.40. The molecule has 0 N–H and O–H groups in total. The van der Waals surface area contributed by atoms with Crippen LogP contribution in [0.25, 0.3) is 16.8 Å². The number of nitriles is 2. The highest BCUT2D eigenvalue weighted by atomic mass is 35.5. The van der Waals surface area contributed by atoms with Crippen LogP contribution in [0.15, 0.2) is 48.2 Å². The molecule has 1 aromatic heterocycles. The molecule has 0 unspecified atom stereocenters. The standard InChI is InChI=1S/C18H8ClFN4O/c19-18-23-10-15(20)17(24-18)25-16-6-5-12-3-1-2-4-13(12)14(16)7-11(8-21)9-22/h1-7,10H. The van der Waals surface area contributed by atoms with Crippen LogP contribution < -0.4 is 4.74 Å². The second-order valence-corrected chi connectivity index (χ2v) is 5.21. The van der Waals surface area contributed by atoms with Crippen LogP contribution in [-0.4, -0.2) is 9.97 Å². The maximum Gasteiger partial charge on any atom is 0.260 e. The second-order valence-electron chi connectivity index (χ2n) is 4.87. The van der Waals surface area contributed by atoms with E-state index in [1.807, 2.05) is 24.3 Å². The summed E-state index contributed by atoms with van der Waals surface area (Å²) in [5.41, 5.74) is 0.354. The number of benzene rings is 2. The molecule has 120 valence electrons. The Bertz CT molecular complexity index is 1070. The second kappa shape index (κ2) is 6.96. The number of nitrogens with zero attached hydrogens (tertiary/aromatic N) is 4. The average molecular weight is 351 g/mol. The molecule has 0 aliphatic rings. The Balaban J connectivity index is 2.21. The first-order valence-electron chi connectivity index (χ1n) is 7.02. The summed E-state index contributed by atoms with van der Waals surface area (Å²) in [5.74, 6) is -0.899. The van der Waals surface area contributed by atoms with Crippen molar-refractivity contribution in [2.45, 2.75) is 0 Å². The van der Waals surface area contributed by atoms with E-state index in [-0.39, 0.29) is 22.5 Å². The smallest absolute Gasteiger partial charge is 0.260 e. The van der Waals surface area contributed by atoms with Gasteiger partial charge in [-0.3, -0.25) is 0 Å². The number of rotatable bonds is 3. The van der Waals surface area contributed by atoms with E-state index >= 15 is 0 Å². The minimum Gasteiger partial charge on any atom is -0.436 e. The maximum absolute atomic E-state index is 13.9. The molecule has 0 saturated carbocycles. The Morgan fingerprint density at radius 3 is 2.68 bits per heavy atom. The Morgan fingerprint density at radius 2 is 1.92 bits per heavy atom. The number of allylic oxidation sites excluding steroid dienone is 1. The van der Waals surface area contributed by atoms with Crippen LogP contribution in [0.5, 0.6) is 11.6 Å². The van der Waals surface area contributed by atoms with Gasteiger partial charge in [0.05, 0.1) is 6.20 Å². The molecule has 0 bridgehead atoms. The number of halogens is 2. The van der Waals surface area contributed by atoms with Crippen molar-refractivity contribution >= 4 is 28.4 Å². The van der Waals surface area contributed by atoms with Crippen molar-refractivity contribution in [1.82, 2.24) is 9.97 Å². The molecule has 1 heterocycles. The van der Waals surface area contributed by atoms with Gasteiger partial charge in [-0.2, -0.15) is 19.9 Å². The molecule has 5 nitrogen and oxygen atoms in total. The van der Waals surface area contributed by atoms with Crippen molar-refractivity contribution in [3.63, 3.8) is 0 Å². The van der Waals surface area contributed by atoms with Crippen molar-refractivity contribution < 1.29 is 9.13 Å². The van der Waals surface area contributed by atoms with E-state index in [0.29, 0.717) is 5.56 Å². The first-order valence-corrected chi connectivity index (χ1v) is 7.39. The Labute approximate surface area is 147 Å². The zero-order chi connectivity index (χ0) is 17.8. The van der Waals surface area contributed by atoms with E-state index in [1.54, 1.807) is 24.3 Å². The van der Waals surface area contributed by atoms with Crippen LogP contribution in [-0.2, 0) is 0 Å². The van der Waals surface area contributed by atoms with Gasteiger partial charge >= 0.3 is 0 Å². The van der Waals surface area contributed by atoms with Gasteiger partial charge < -0.3 is 4.74 Å². The zero-order valence-corrected chi connectivity index (χ0v) is 13.3. The van der Waals surface area contributed by atoms with E-state index in [2.05, 4.69) is 9.97 Å². The third-order valence-corrected chi connectivity index (χ3v) is 3.53. The van der Waals surface area contributed by atoms with E-state index < -0.39 is 5.82 Å². The van der Waals surface area contributed by atoms with Crippen LogP contribution in [0.4, 0.5) is 4.39 Å². The fourth-order valence-corrected chi connectivity index (χ4v) is 2.38. The predicted octanol–water partition coefficient (Wildman–Crippen LogP) is 4.65. The first kappa shape index (κ1) is 16.4. The lowest BCUT2D eigenvalue weighted by atomic mass is 10.0. The summed E-state index contributed by atoms with van der Waals surface area (Å²) in [6, 6.07) is 14.3. The van der Waals surface area contributed by atoms with Crippen molar-refractivity contribution in [3.8, 4) is 23.8 Å². The van der Waals surface area contributed by atoms with Gasteiger partial charge in [-0.1, -0.05) is 30.3 Å². The number of aromatic nitrogens is 2. The molecular formula is C18H8ClFN4O. The summed E-state index contributed by atoms with van der Waals surface area (Å²) in [6.45, 7) is 0. The molecular weight excluding hydrogens is 343 g/mol. The lowest BCUT2D eigenvalue weighted by molar-refractivity contribution is 0.419. The largest absolute Gasteiger partial charge is 0.436 e. The highest BCUT2D eigenvalue weighted by Crippen LogP contribution is 2.33. The predicted molar refractivity (Wildman–Crippen MR) is 90.2 cm³/mol. The fourth-order valence-electron chi connectivity index (χ4n) is 2.25. The van der Waals surface area contributed by atoms with Crippen LogP contribution >= 0.6 is 11.6 Å². The number of fused-ring (bicyclic) bond motifs is 1. The molecule has 0 fully saturated rings. The lowest BCUT2D eigenvalue weighted by Crippen LogP contribution is -1.96. The molecule has 0 amide bonds. The summed E-state index contributed by atoms with van der Waals surface area (Å²) >= 11 is 5.68. The Hall–Kier alpha value is -3.48. The molecule has 0 spiro atoms. The fraction of sp³-hybridized carbons (Fsp3) is 0. The van der Waals surface area contributed by atoms with Crippen molar-refractivity contribution in [1.29, 1.82) is 10.5 Å². The lowest BCUT2D eigenvalue weighted by Gasteiger charge is -2.11. The van der Waals surface area contributed by atoms with Crippen molar-refractivity contribution in [2.75, 3.05) is 0 Å². The molecule has 25 heavy (non-hydrogen) atoms. The topological polar surface area (TPSA) is 82.6 Å². The zero-order valence-electron chi connectivity index (χ0n) is 12.6. The third-order valence-electron chi connectivity index (χ3n) is 3.35. The quantitative estimate of drug-likeness (QED) is 0.507. The average Bonchev–Trinajstić information content (AvgIpc) is 2.63. The normalized spacial score (nSPS) is 9.92. The minimum absolute atomic E-state index is 0.109. The number of ether oxygens (including phenoxy) is 1. The summed E-state index contributed by atoms with van der Waals surface area (Å²) in [5, 5.41) is 19.5. The van der Waals surface area contributed by atoms with Crippen LogP contribution in [0.3, 0.4) is 0 Å². The maximum atomic E-state index is 13.9. The van der Waals surface area contributed by atoms with Crippen molar-refractivity contribution in [3.05, 3.63) is 64.8 Å². The molecule has 0 aliphatic carbocycles. The Morgan fingerprint density at radius 1 is 1.16 bits per heavy atom. The molecule has 2 aromatic carbocycles. The molecule has 0 saturated heterocycles. The molecule has 0 atom stereocenters. The molecule has 7 heteroatoms. The van der Waals surface area contributed by atoms with Gasteiger partial charge in [-0.15, -0.1) is 0 Å². The highest BCUT2D eigenvalue weighted by molar-refractivity contribution is 6.28. The first-order chi connectivity index (χ1) is 12.1. The van der Waals surface area contributed by atoms with Crippen LogP contribution in [0.1, 0.15) is 5.56 Å². The SMILES string of the molecule is N#CC(C#N)=Cc1c(Oc2nc(Cl)ncc2F)ccc2ccccc12. The van der Waals surface area contributed by atoms with Gasteiger partial charge in [0.2, 0.25) is 11.1 Å². The van der Waals surface area contributed by atoms with Gasteiger partial charge in [-0.05, 0) is 34.5 Å². The minimum atomic E-state index is -0.784. The van der Waals surface area contributed by atoms with E-state index in [4.69, 9.17) is 26.9 Å². The van der Waals surface area contributed by atoms with Gasteiger partial charge in [0, 0.05) is 5.56 Å². The summed E-state index contributed by atoms with van der Waals surface area (Å²) in [7, 11) is 0. The molecule has 0 radical (unpaired) electrons. The van der Waals surface area contributed by atoms with Crippen LogP contribution in [0, 0.1) is 28.5 Å². The number of hydrogen-bond donors (Lipinski definition) is 0. The van der Waals surface area contributed by atoms with Crippen LogP contribution in [0.2, 0.25) is 5.28 Å². The van der Waals surface area contributed by atoms with Crippen molar-refractivity contribution in [2.24, 2.45) is 0 Å². The highest BCUT2D eigenvalue weighted by Gasteiger charge is 2.13. The van der Waals surface area contributed by atoms with E-state index in [9.17, 15) is 4.39 Å². The van der Waals surface area contributed by atoms with Gasteiger partial charge in [0.25, 0.3) is 5.88 Å². The number of hydrogen-bond acceptors (Lipinski definition) is 5. The Kier molecular flexibility index (Phi) is 4.56. The van der Waals surface area contributed by atoms with E-state index in [0.717, 1.165) is 17.0 Å². The molecule has 3 rings (SSSR count). The van der Waals surface area contributed by atoms with Gasteiger partial charge in [0.1, 0.15) is 23.5 Å². The summed E-state index contributed by atoms with van der Waals surface area (Å²) in [4.78, 5) is 7.24. The van der Waals surface area contributed by atoms with Gasteiger partial charge in [-0.25, -0.2) is 4.98 Å². The molecule has 3 aromatic rings. The monoisotopic (exact) mass is 350 g/mol. The summed E-state index contributed by atoms with van der Waals surface area (Å²) in [6.07, 6.45) is 2.29. The molecule has 0 aliphatic heterocycles. The van der Waals surface area contributed by atoms with E-state index in [1.165, 1.54) is 6.08 Å². The van der Waals surface area contributed by atoms with Gasteiger partial charge in [0.15, 0.2) is 0 Å². The summed E-state index contributed by atoms with van der Waals surface area (Å²) < 4.78 is 19.4.